The van der Waals surface area contributed by atoms with Gasteiger partial charge in [0.1, 0.15) is 0 Å². The van der Waals surface area contributed by atoms with Crippen LogP contribution in [0.25, 0.3) is 5.57 Å². The first-order valence-electron chi connectivity index (χ1n) is 3.80. The number of aromatic nitrogens is 1. The molecule has 70 valence electrons. The van der Waals surface area contributed by atoms with Gasteiger partial charge in [0.25, 0.3) is 0 Å². The standard InChI is InChI=1S/C9H11NO3/c1-13-6-7(5-9(11)12)8-3-2-4-10-8/h2-5,10H,6H2,1H3,(H,11,12)/b7-5+. The summed E-state index contributed by atoms with van der Waals surface area (Å²) in [5.41, 5.74) is 1.39. The molecule has 1 aromatic heterocycles. The van der Waals surface area contributed by atoms with Gasteiger partial charge in [0.05, 0.1) is 6.61 Å². The van der Waals surface area contributed by atoms with Crippen molar-refractivity contribution in [3.05, 3.63) is 30.1 Å². The van der Waals surface area contributed by atoms with Crippen molar-refractivity contribution >= 4 is 11.5 Å². The lowest BCUT2D eigenvalue weighted by Crippen LogP contribution is -1.98. The Hall–Kier alpha value is -1.55. The Morgan fingerprint density at radius 2 is 2.54 bits per heavy atom. The molecule has 2 N–H and O–H groups in total. The van der Waals surface area contributed by atoms with Crippen LogP contribution in [0.15, 0.2) is 24.4 Å². The fraction of sp³-hybridized carbons (Fsp3) is 0.222. The van der Waals surface area contributed by atoms with Crippen LogP contribution >= 0.6 is 0 Å². The Morgan fingerprint density at radius 3 is 3.00 bits per heavy atom. The molecule has 4 heteroatoms. The average Bonchev–Trinajstić information content (AvgIpc) is 2.54. The van der Waals surface area contributed by atoms with E-state index in [0.29, 0.717) is 5.57 Å². The van der Waals surface area contributed by atoms with Gasteiger partial charge in [-0.15, -0.1) is 0 Å². The largest absolute Gasteiger partial charge is 0.478 e. The van der Waals surface area contributed by atoms with Crippen molar-refractivity contribution in [2.45, 2.75) is 0 Å². The van der Waals surface area contributed by atoms with E-state index in [1.165, 1.54) is 7.11 Å². The number of aromatic amines is 1. The summed E-state index contributed by atoms with van der Waals surface area (Å²) in [6.07, 6.45) is 2.87. The Labute approximate surface area is 75.8 Å². The third-order valence-electron chi connectivity index (χ3n) is 1.54. The Balaban J connectivity index is 2.86. The van der Waals surface area contributed by atoms with Crippen molar-refractivity contribution in [3.63, 3.8) is 0 Å². The Morgan fingerprint density at radius 1 is 1.77 bits per heavy atom. The summed E-state index contributed by atoms with van der Waals surface area (Å²) < 4.78 is 4.88. The van der Waals surface area contributed by atoms with E-state index in [9.17, 15) is 4.79 Å². The molecule has 0 aliphatic heterocycles. The molecule has 0 aliphatic rings. The third kappa shape index (κ3) is 2.76. The molecule has 1 aromatic rings. The first-order valence-corrected chi connectivity index (χ1v) is 3.80. The molecule has 0 bridgehead atoms. The van der Waals surface area contributed by atoms with E-state index in [1.54, 1.807) is 18.3 Å². The molecule has 1 heterocycles. The third-order valence-corrected chi connectivity index (χ3v) is 1.54. The minimum Gasteiger partial charge on any atom is -0.478 e. The monoisotopic (exact) mass is 181 g/mol. The van der Waals surface area contributed by atoms with Crippen LogP contribution in [-0.4, -0.2) is 29.8 Å². The van der Waals surface area contributed by atoms with Gasteiger partial charge in [-0.25, -0.2) is 4.79 Å². The lowest BCUT2D eigenvalue weighted by molar-refractivity contribution is -0.131. The molecule has 0 fully saturated rings. The Kier molecular flexibility index (Phi) is 3.28. The molecule has 0 spiro atoms. The van der Waals surface area contributed by atoms with Crippen LogP contribution in [0.3, 0.4) is 0 Å². The van der Waals surface area contributed by atoms with E-state index in [-0.39, 0.29) is 6.61 Å². The summed E-state index contributed by atoms with van der Waals surface area (Å²) in [6, 6.07) is 3.61. The molecule has 0 unspecified atom stereocenters. The van der Waals surface area contributed by atoms with E-state index in [1.807, 2.05) is 0 Å². The van der Waals surface area contributed by atoms with Crippen LogP contribution in [0, 0.1) is 0 Å². The fourth-order valence-electron chi connectivity index (χ4n) is 1.03. The highest BCUT2D eigenvalue weighted by Gasteiger charge is 2.03. The maximum Gasteiger partial charge on any atom is 0.328 e. The number of carboxylic acids is 1. The molecular formula is C9H11NO3. The number of methoxy groups -OCH3 is 1. The first-order chi connectivity index (χ1) is 6.24. The maximum atomic E-state index is 10.4. The molecule has 0 radical (unpaired) electrons. The lowest BCUT2D eigenvalue weighted by atomic mass is 10.2. The van der Waals surface area contributed by atoms with Crippen molar-refractivity contribution < 1.29 is 14.6 Å². The first kappa shape index (κ1) is 9.54. The number of nitrogens with one attached hydrogen (secondary N) is 1. The van der Waals surface area contributed by atoms with Gasteiger partial charge >= 0.3 is 5.97 Å². The zero-order chi connectivity index (χ0) is 9.68. The smallest absolute Gasteiger partial charge is 0.328 e. The second kappa shape index (κ2) is 4.47. The molecule has 0 aromatic carbocycles. The van der Waals surface area contributed by atoms with Crippen molar-refractivity contribution in [2.75, 3.05) is 13.7 Å². The van der Waals surface area contributed by atoms with Crippen molar-refractivity contribution in [3.8, 4) is 0 Å². The van der Waals surface area contributed by atoms with Gasteiger partial charge in [-0.3, -0.25) is 0 Å². The van der Waals surface area contributed by atoms with E-state index in [2.05, 4.69) is 4.98 Å². The minimum atomic E-state index is -0.971. The highest BCUT2D eigenvalue weighted by Crippen LogP contribution is 2.11. The fourth-order valence-corrected chi connectivity index (χ4v) is 1.03. The van der Waals surface area contributed by atoms with Gasteiger partial charge in [0.2, 0.25) is 0 Å². The predicted octanol–water partition coefficient (Wildman–Crippen LogP) is 1.13. The molecule has 13 heavy (non-hydrogen) atoms. The molecule has 0 aliphatic carbocycles. The molecular weight excluding hydrogens is 170 g/mol. The zero-order valence-corrected chi connectivity index (χ0v) is 7.28. The number of rotatable bonds is 4. The molecule has 0 atom stereocenters. The summed E-state index contributed by atoms with van der Waals surface area (Å²) in [5.74, 6) is -0.971. The number of hydrogen-bond acceptors (Lipinski definition) is 2. The van der Waals surface area contributed by atoms with Crippen LogP contribution in [0.4, 0.5) is 0 Å². The second-order valence-corrected chi connectivity index (χ2v) is 2.52. The SMILES string of the molecule is COC/C(=C\C(=O)O)c1ccc[nH]1. The predicted molar refractivity (Wildman–Crippen MR) is 48.3 cm³/mol. The highest BCUT2D eigenvalue weighted by atomic mass is 16.5. The van der Waals surface area contributed by atoms with Gasteiger partial charge in [0.15, 0.2) is 0 Å². The van der Waals surface area contributed by atoms with E-state index in [4.69, 9.17) is 9.84 Å². The maximum absolute atomic E-state index is 10.4. The quantitative estimate of drug-likeness (QED) is 0.684. The molecule has 1 rings (SSSR count). The normalized spacial score (nSPS) is 11.6. The van der Waals surface area contributed by atoms with Crippen molar-refractivity contribution in [1.82, 2.24) is 4.98 Å². The number of carbonyl (C=O) groups is 1. The van der Waals surface area contributed by atoms with Crippen LogP contribution in [0.5, 0.6) is 0 Å². The number of aliphatic carboxylic acids is 1. The van der Waals surface area contributed by atoms with Crippen LogP contribution in [0.2, 0.25) is 0 Å². The highest BCUT2D eigenvalue weighted by molar-refractivity contribution is 5.89. The summed E-state index contributed by atoms with van der Waals surface area (Å²) in [4.78, 5) is 13.3. The van der Waals surface area contributed by atoms with Crippen LogP contribution < -0.4 is 0 Å². The van der Waals surface area contributed by atoms with Gasteiger partial charge in [0, 0.05) is 30.6 Å². The van der Waals surface area contributed by atoms with Gasteiger partial charge in [-0.2, -0.15) is 0 Å². The topological polar surface area (TPSA) is 62.3 Å². The minimum absolute atomic E-state index is 0.285. The van der Waals surface area contributed by atoms with Gasteiger partial charge in [-0.1, -0.05) is 0 Å². The number of ether oxygens (including phenoxy) is 1. The summed E-state index contributed by atoms with van der Waals surface area (Å²) in [7, 11) is 1.53. The average molecular weight is 181 g/mol. The molecule has 0 saturated heterocycles. The van der Waals surface area contributed by atoms with Gasteiger partial charge in [-0.05, 0) is 12.1 Å². The number of hydrogen-bond donors (Lipinski definition) is 2. The summed E-state index contributed by atoms with van der Waals surface area (Å²) in [5, 5.41) is 8.56. The second-order valence-electron chi connectivity index (χ2n) is 2.52. The van der Waals surface area contributed by atoms with Crippen LogP contribution in [-0.2, 0) is 9.53 Å². The lowest BCUT2D eigenvalue weighted by Gasteiger charge is -2.01. The van der Waals surface area contributed by atoms with Crippen LogP contribution in [0.1, 0.15) is 5.69 Å². The summed E-state index contributed by atoms with van der Waals surface area (Å²) >= 11 is 0. The number of H-pyrrole nitrogens is 1. The Bertz CT molecular complexity index is 301. The molecule has 4 nitrogen and oxygen atoms in total. The van der Waals surface area contributed by atoms with E-state index >= 15 is 0 Å². The van der Waals surface area contributed by atoms with Gasteiger partial charge < -0.3 is 14.8 Å². The zero-order valence-electron chi connectivity index (χ0n) is 7.28. The molecule has 0 saturated carbocycles. The number of carboxylic acid groups (broad SMARTS) is 1. The van der Waals surface area contributed by atoms with E-state index in [0.717, 1.165) is 11.8 Å². The molecule has 0 amide bonds. The van der Waals surface area contributed by atoms with E-state index < -0.39 is 5.97 Å². The summed E-state index contributed by atoms with van der Waals surface area (Å²) in [6.45, 7) is 0.285. The van der Waals surface area contributed by atoms with Crippen molar-refractivity contribution in [1.29, 1.82) is 0 Å². The van der Waals surface area contributed by atoms with Crippen molar-refractivity contribution in [2.24, 2.45) is 0 Å².